The highest BCUT2D eigenvalue weighted by atomic mass is 14.9. The van der Waals surface area contributed by atoms with Gasteiger partial charge in [0.1, 0.15) is 0 Å². The molecule has 0 heterocycles. The van der Waals surface area contributed by atoms with Gasteiger partial charge in [-0.25, -0.2) is 0 Å². The van der Waals surface area contributed by atoms with Gasteiger partial charge < -0.3 is 5.32 Å². The van der Waals surface area contributed by atoms with Crippen molar-refractivity contribution in [3.05, 3.63) is 25.3 Å². The zero-order valence-electron chi connectivity index (χ0n) is 6.77. The average molecular weight is 139 g/mol. The van der Waals surface area contributed by atoms with Crippen LogP contribution in [0, 0.1) is 0 Å². The van der Waals surface area contributed by atoms with Crippen LogP contribution in [-0.2, 0) is 0 Å². The highest BCUT2D eigenvalue weighted by Gasteiger charge is 1.99. The lowest BCUT2D eigenvalue weighted by Gasteiger charge is -2.12. The highest BCUT2D eigenvalue weighted by Crippen LogP contribution is 1.98. The molecule has 0 radical (unpaired) electrons. The van der Waals surface area contributed by atoms with Crippen molar-refractivity contribution in [3.8, 4) is 0 Å². The van der Waals surface area contributed by atoms with Crippen LogP contribution in [0.3, 0.4) is 0 Å². The maximum absolute atomic E-state index is 3.69. The predicted octanol–water partition coefficient (Wildman–Crippen LogP) is 2.12. The number of hydrogen-bond acceptors (Lipinski definition) is 1. The van der Waals surface area contributed by atoms with Crippen molar-refractivity contribution in [1.29, 1.82) is 0 Å². The summed E-state index contributed by atoms with van der Waals surface area (Å²) in [5.74, 6) is 0. The molecule has 0 atom stereocenters. The topological polar surface area (TPSA) is 12.0 Å². The smallest absolute Gasteiger partial charge is 0.0136 e. The largest absolute Gasteiger partial charge is 0.314 e. The van der Waals surface area contributed by atoms with E-state index in [1.54, 1.807) is 0 Å². The van der Waals surface area contributed by atoms with E-state index in [1.165, 1.54) is 0 Å². The fourth-order valence-corrected chi connectivity index (χ4v) is 0.954. The Hall–Kier alpha value is -0.560. The Morgan fingerprint density at radius 3 is 2.10 bits per heavy atom. The van der Waals surface area contributed by atoms with E-state index in [0.717, 1.165) is 19.4 Å². The van der Waals surface area contributed by atoms with Gasteiger partial charge in [-0.3, -0.25) is 0 Å². The zero-order valence-corrected chi connectivity index (χ0v) is 6.77. The molecule has 0 aliphatic heterocycles. The Bertz CT molecular complexity index is 86.9. The first-order valence-corrected chi connectivity index (χ1v) is 3.80. The molecule has 0 aliphatic carbocycles. The normalized spacial score (nSPS) is 9.80. The second-order valence-corrected chi connectivity index (χ2v) is 2.30. The van der Waals surface area contributed by atoms with E-state index in [1.807, 2.05) is 12.2 Å². The number of hydrogen-bond donors (Lipinski definition) is 1. The van der Waals surface area contributed by atoms with Crippen molar-refractivity contribution in [3.63, 3.8) is 0 Å². The minimum Gasteiger partial charge on any atom is -0.314 e. The molecular formula is C9H17N. The molecule has 0 amide bonds. The van der Waals surface area contributed by atoms with Crippen LogP contribution in [0.25, 0.3) is 0 Å². The molecule has 0 aliphatic rings. The van der Waals surface area contributed by atoms with E-state index in [4.69, 9.17) is 0 Å². The van der Waals surface area contributed by atoms with Crippen LogP contribution < -0.4 is 5.32 Å². The molecule has 0 aromatic rings. The van der Waals surface area contributed by atoms with Gasteiger partial charge in [0.2, 0.25) is 0 Å². The van der Waals surface area contributed by atoms with Crippen LogP contribution >= 0.6 is 0 Å². The summed E-state index contributed by atoms with van der Waals surface area (Å²) in [5, 5.41) is 3.34. The van der Waals surface area contributed by atoms with Crippen LogP contribution in [0.2, 0.25) is 0 Å². The van der Waals surface area contributed by atoms with E-state index in [2.05, 4.69) is 25.4 Å². The molecule has 0 saturated heterocycles. The van der Waals surface area contributed by atoms with Crippen LogP contribution in [0.15, 0.2) is 25.3 Å². The Labute approximate surface area is 63.8 Å². The SMILES string of the molecule is C=CCC(CC=C)NCC. The standard InChI is InChI=1S/C9H17N/c1-4-7-9(8-5-2)10-6-3/h4-5,9-10H,1-2,6-8H2,3H3. The third-order valence-corrected chi connectivity index (χ3v) is 1.40. The van der Waals surface area contributed by atoms with E-state index in [-0.39, 0.29) is 0 Å². The molecule has 0 aromatic carbocycles. The Balaban J connectivity index is 3.48. The van der Waals surface area contributed by atoms with Gasteiger partial charge in [-0.2, -0.15) is 0 Å². The maximum Gasteiger partial charge on any atom is 0.0136 e. The molecule has 0 unspecified atom stereocenters. The third-order valence-electron chi connectivity index (χ3n) is 1.40. The van der Waals surface area contributed by atoms with Gasteiger partial charge in [-0.05, 0) is 19.4 Å². The summed E-state index contributed by atoms with van der Waals surface area (Å²) in [4.78, 5) is 0. The van der Waals surface area contributed by atoms with Crippen LogP contribution in [0.4, 0.5) is 0 Å². The Kier molecular flexibility index (Phi) is 6.19. The lowest BCUT2D eigenvalue weighted by Crippen LogP contribution is -2.27. The number of nitrogens with one attached hydrogen (secondary N) is 1. The molecule has 0 rings (SSSR count). The molecule has 10 heavy (non-hydrogen) atoms. The van der Waals surface area contributed by atoms with Crippen molar-refractivity contribution in [2.75, 3.05) is 6.54 Å². The number of rotatable bonds is 6. The van der Waals surface area contributed by atoms with Gasteiger partial charge >= 0.3 is 0 Å². The van der Waals surface area contributed by atoms with Gasteiger partial charge in [0.15, 0.2) is 0 Å². The van der Waals surface area contributed by atoms with Gasteiger partial charge in [-0.1, -0.05) is 19.1 Å². The van der Waals surface area contributed by atoms with E-state index in [9.17, 15) is 0 Å². The van der Waals surface area contributed by atoms with Gasteiger partial charge in [0.05, 0.1) is 0 Å². The fraction of sp³-hybridized carbons (Fsp3) is 0.556. The lowest BCUT2D eigenvalue weighted by molar-refractivity contribution is 0.538. The molecule has 1 N–H and O–H groups in total. The molecule has 1 heteroatoms. The highest BCUT2D eigenvalue weighted by molar-refractivity contribution is 4.83. The van der Waals surface area contributed by atoms with Gasteiger partial charge in [0.25, 0.3) is 0 Å². The predicted molar refractivity (Wildman–Crippen MR) is 47.1 cm³/mol. The van der Waals surface area contributed by atoms with Crippen molar-refractivity contribution in [1.82, 2.24) is 5.32 Å². The van der Waals surface area contributed by atoms with Crippen LogP contribution in [0.5, 0.6) is 0 Å². The molecular weight excluding hydrogens is 122 g/mol. The second-order valence-electron chi connectivity index (χ2n) is 2.30. The summed E-state index contributed by atoms with van der Waals surface area (Å²) in [6.45, 7) is 10.5. The summed E-state index contributed by atoms with van der Waals surface area (Å²) >= 11 is 0. The lowest BCUT2D eigenvalue weighted by atomic mass is 10.1. The summed E-state index contributed by atoms with van der Waals surface area (Å²) in [6.07, 6.45) is 5.94. The summed E-state index contributed by atoms with van der Waals surface area (Å²) in [6, 6.07) is 0.542. The molecule has 0 saturated carbocycles. The molecule has 0 fully saturated rings. The van der Waals surface area contributed by atoms with Crippen LogP contribution in [0.1, 0.15) is 19.8 Å². The van der Waals surface area contributed by atoms with Crippen molar-refractivity contribution in [2.45, 2.75) is 25.8 Å². The minimum atomic E-state index is 0.542. The van der Waals surface area contributed by atoms with E-state index in [0.29, 0.717) is 6.04 Å². The monoisotopic (exact) mass is 139 g/mol. The quantitative estimate of drug-likeness (QED) is 0.556. The Morgan fingerprint density at radius 1 is 1.30 bits per heavy atom. The first kappa shape index (κ1) is 9.44. The Morgan fingerprint density at radius 2 is 1.80 bits per heavy atom. The van der Waals surface area contributed by atoms with Crippen molar-refractivity contribution < 1.29 is 0 Å². The van der Waals surface area contributed by atoms with Crippen LogP contribution in [-0.4, -0.2) is 12.6 Å². The fourth-order valence-electron chi connectivity index (χ4n) is 0.954. The van der Waals surface area contributed by atoms with Crippen molar-refractivity contribution >= 4 is 0 Å². The van der Waals surface area contributed by atoms with E-state index >= 15 is 0 Å². The van der Waals surface area contributed by atoms with E-state index < -0.39 is 0 Å². The summed E-state index contributed by atoms with van der Waals surface area (Å²) < 4.78 is 0. The minimum absolute atomic E-state index is 0.542. The second kappa shape index (κ2) is 6.56. The zero-order chi connectivity index (χ0) is 7.82. The first-order chi connectivity index (χ1) is 4.85. The molecule has 0 spiro atoms. The molecule has 0 aromatic heterocycles. The third kappa shape index (κ3) is 4.33. The average Bonchev–Trinajstić information content (AvgIpc) is 1.90. The molecule has 1 nitrogen and oxygen atoms in total. The first-order valence-electron chi connectivity index (χ1n) is 3.80. The molecule has 0 bridgehead atoms. The van der Waals surface area contributed by atoms with Crippen molar-refractivity contribution in [2.24, 2.45) is 0 Å². The molecule has 58 valence electrons. The maximum atomic E-state index is 3.69. The van der Waals surface area contributed by atoms with Gasteiger partial charge in [-0.15, -0.1) is 13.2 Å². The summed E-state index contributed by atoms with van der Waals surface area (Å²) in [7, 11) is 0. The summed E-state index contributed by atoms with van der Waals surface area (Å²) in [5.41, 5.74) is 0. The van der Waals surface area contributed by atoms with Gasteiger partial charge in [0, 0.05) is 6.04 Å².